The van der Waals surface area contributed by atoms with Crippen LogP contribution in [0.4, 0.5) is 0 Å². The predicted octanol–water partition coefficient (Wildman–Crippen LogP) is 1.03. The van der Waals surface area contributed by atoms with Gasteiger partial charge in [-0.05, 0) is 25.8 Å². The first kappa shape index (κ1) is 13.8. The molecule has 1 saturated carbocycles. The van der Waals surface area contributed by atoms with E-state index in [1.807, 2.05) is 18.0 Å². The summed E-state index contributed by atoms with van der Waals surface area (Å²) in [6.45, 7) is 4.15. The fourth-order valence-corrected chi connectivity index (χ4v) is 4.72. The molecule has 22 heavy (non-hydrogen) atoms. The molecule has 6 heteroatoms. The van der Waals surface area contributed by atoms with E-state index in [1.165, 1.54) is 0 Å². The minimum absolute atomic E-state index is 0.0133. The minimum atomic E-state index is -0.332. The average Bonchev–Trinajstić information content (AvgIpc) is 3.21. The highest BCUT2D eigenvalue weighted by Gasteiger charge is 2.63. The summed E-state index contributed by atoms with van der Waals surface area (Å²) >= 11 is 0. The zero-order chi connectivity index (χ0) is 15.3. The lowest BCUT2D eigenvalue weighted by molar-refractivity contribution is -0.131. The topological polar surface area (TPSA) is 67.2 Å². The largest absolute Gasteiger partial charge is 0.355 e. The van der Waals surface area contributed by atoms with Crippen LogP contribution in [0.2, 0.25) is 0 Å². The molecule has 2 aliphatic heterocycles. The fourth-order valence-electron chi connectivity index (χ4n) is 4.72. The molecule has 3 fully saturated rings. The number of nitrogens with zero attached hydrogens (tertiary/aromatic N) is 3. The van der Waals surface area contributed by atoms with E-state index < -0.39 is 0 Å². The summed E-state index contributed by atoms with van der Waals surface area (Å²) in [5.41, 5.74) is 0.171. The second-order valence-corrected chi connectivity index (χ2v) is 6.72. The van der Waals surface area contributed by atoms with E-state index in [0.717, 1.165) is 32.2 Å². The molecular formula is C16H22N4O2. The van der Waals surface area contributed by atoms with Crippen molar-refractivity contribution in [3.8, 4) is 0 Å². The van der Waals surface area contributed by atoms with Crippen molar-refractivity contribution in [3.05, 3.63) is 18.0 Å². The Balaban J connectivity index is 1.66. The van der Waals surface area contributed by atoms with Gasteiger partial charge in [-0.2, -0.15) is 5.10 Å². The van der Waals surface area contributed by atoms with Gasteiger partial charge in [0, 0.05) is 37.8 Å². The Bertz CT molecular complexity index is 625. The summed E-state index contributed by atoms with van der Waals surface area (Å²) in [7, 11) is 0. The first-order valence-corrected chi connectivity index (χ1v) is 8.29. The van der Waals surface area contributed by atoms with Crippen LogP contribution in [0, 0.1) is 11.3 Å². The Morgan fingerprint density at radius 2 is 2.36 bits per heavy atom. The number of aromatic nitrogens is 2. The molecule has 2 saturated heterocycles. The molecule has 2 amide bonds. The highest BCUT2D eigenvalue weighted by molar-refractivity contribution is 5.95. The van der Waals surface area contributed by atoms with Crippen LogP contribution in [0.1, 0.15) is 43.1 Å². The molecule has 3 aliphatic rings. The maximum absolute atomic E-state index is 12.9. The van der Waals surface area contributed by atoms with Crippen molar-refractivity contribution < 1.29 is 9.59 Å². The number of likely N-dealkylation sites (tertiary alicyclic amines) is 1. The Labute approximate surface area is 129 Å². The van der Waals surface area contributed by atoms with Gasteiger partial charge in [-0.1, -0.05) is 12.8 Å². The van der Waals surface area contributed by atoms with Gasteiger partial charge in [0.1, 0.15) is 5.69 Å². The molecule has 0 aromatic carbocycles. The van der Waals surface area contributed by atoms with E-state index in [0.29, 0.717) is 18.8 Å². The lowest BCUT2D eigenvalue weighted by Crippen LogP contribution is -2.50. The van der Waals surface area contributed by atoms with Crippen LogP contribution in [-0.2, 0) is 11.3 Å². The molecule has 3 atom stereocenters. The van der Waals surface area contributed by atoms with Gasteiger partial charge in [0.15, 0.2) is 0 Å². The SMILES string of the molecule is CCn1ccc(C(=O)N2CC3CNC(=O)C34CCCCC24)n1. The summed E-state index contributed by atoms with van der Waals surface area (Å²) in [4.78, 5) is 27.3. The normalized spacial score (nSPS) is 33.5. The first-order chi connectivity index (χ1) is 10.7. The van der Waals surface area contributed by atoms with Gasteiger partial charge < -0.3 is 10.2 Å². The molecule has 3 heterocycles. The maximum Gasteiger partial charge on any atom is 0.274 e. The Hall–Kier alpha value is -1.85. The van der Waals surface area contributed by atoms with Gasteiger partial charge in [0.2, 0.25) is 5.91 Å². The lowest BCUT2D eigenvalue weighted by Gasteiger charge is -2.39. The first-order valence-electron chi connectivity index (χ1n) is 8.29. The van der Waals surface area contributed by atoms with Crippen LogP contribution in [0.3, 0.4) is 0 Å². The van der Waals surface area contributed by atoms with Crippen molar-refractivity contribution in [2.75, 3.05) is 13.1 Å². The van der Waals surface area contributed by atoms with Crippen LogP contribution < -0.4 is 5.32 Å². The Kier molecular flexibility index (Phi) is 3.03. The van der Waals surface area contributed by atoms with Crippen molar-refractivity contribution in [3.63, 3.8) is 0 Å². The molecular weight excluding hydrogens is 280 g/mol. The molecule has 1 aromatic heterocycles. The molecule has 1 aromatic rings. The van der Waals surface area contributed by atoms with E-state index in [1.54, 1.807) is 10.7 Å². The van der Waals surface area contributed by atoms with Crippen LogP contribution in [0.25, 0.3) is 0 Å². The smallest absolute Gasteiger partial charge is 0.274 e. The molecule has 0 bridgehead atoms. The standard InChI is InChI=1S/C16H22N4O2/c1-2-19-8-6-12(18-19)14(21)20-10-11-9-17-15(22)16(11)7-4-3-5-13(16)20/h6,8,11,13H,2-5,7,9-10H2,1H3,(H,17,22). The lowest BCUT2D eigenvalue weighted by atomic mass is 9.67. The average molecular weight is 302 g/mol. The predicted molar refractivity (Wildman–Crippen MR) is 80.1 cm³/mol. The summed E-state index contributed by atoms with van der Waals surface area (Å²) in [6.07, 6.45) is 5.88. The van der Waals surface area contributed by atoms with Crippen molar-refractivity contribution in [1.82, 2.24) is 20.0 Å². The monoisotopic (exact) mass is 302 g/mol. The molecule has 118 valence electrons. The van der Waals surface area contributed by atoms with Crippen LogP contribution in [-0.4, -0.2) is 45.6 Å². The summed E-state index contributed by atoms with van der Waals surface area (Å²) in [5, 5.41) is 7.37. The highest BCUT2D eigenvalue weighted by atomic mass is 16.2. The molecule has 4 rings (SSSR count). The van der Waals surface area contributed by atoms with E-state index in [2.05, 4.69) is 10.4 Å². The number of aryl methyl sites for hydroxylation is 1. The van der Waals surface area contributed by atoms with Gasteiger partial charge in [-0.3, -0.25) is 14.3 Å². The quantitative estimate of drug-likeness (QED) is 0.887. The number of hydrogen-bond donors (Lipinski definition) is 1. The van der Waals surface area contributed by atoms with Crippen molar-refractivity contribution in [1.29, 1.82) is 0 Å². The van der Waals surface area contributed by atoms with Crippen molar-refractivity contribution in [2.45, 2.75) is 45.2 Å². The van der Waals surface area contributed by atoms with E-state index >= 15 is 0 Å². The third kappa shape index (κ3) is 1.69. The molecule has 1 aliphatic carbocycles. The summed E-state index contributed by atoms with van der Waals surface area (Å²) in [6, 6.07) is 1.84. The molecule has 1 N–H and O–H groups in total. The van der Waals surface area contributed by atoms with Crippen LogP contribution in [0.15, 0.2) is 12.3 Å². The molecule has 1 spiro atoms. The zero-order valence-corrected chi connectivity index (χ0v) is 12.9. The van der Waals surface area contributed by atoms with E-state index in [4.69, 9.17) is 0 Å². The third-order valence-electron chi connectivity index (χ3n) is 5.81. The molecule has 3 unspecified atom stereocenters. The zero-order valence-electron chi connectivity index (χ0n) is 12.9. The summed E-state index contributed by atoms with van der Waals surface area (Å²) < 4.78 is 1.77. The second kappa shape index (κ2) is 4.83. The van der Waals surface area contributed by atoms with E-state index in [9.17, 15) is 9.59 Å². The number of amides is 2. The Morgan fingerprint density at radius 3 is 3.14 bits per heavy atom. The number of hydrogen-bond acceptors (Lipinski definition) is 3. The fraction of sp³-hybridized carbons (Fsp3) is 0.688. The maximum atomic E-state index is 12.9. The summed E-state index contributed by atoms with van der Waals surface area (Å²) in [5.74, 6) is 0.416. The minimum Gasteiger partial charge on any atom is -0.355 e. The van der Waals surface area contributed by atoms with Gasteiger partial charge >= 0.3 is 0 Å². The van der Waals surface area contributed by atoms with Crippen LogP contribution in [0.5, 0.6) is 0 Å². The number of carbonyl (C=O) groups is 2. The van der Waals surface area contributed by atoms with Gasteiger partial charge in [0.05, 0.1) is 5.41 Å². The van der Waals surface area contributed by atoms with Crippen LogP contribution >= 0.6 is 0 Å². The third-order valence-corrected chi connectivity index (χ3v) is 5.81. The Morgan fingerprint density at radius 1 is 1.50 bits per heavy atom. The molecule has 0 radical (unpaired) electrons. The van der Waals surface area contributed by atoms with Gasteiger partial charge in [0.25, 0.3) is 5.91 Å². The van der Waals surface area contributed by atoms with Gasteiger partial charge in [-0.15, -0.1) is 0 Å². The number of carbonyl (C=O) groups excluding carboxylic acids is 2. The van der Waals surface area contributed by atoms with Crippen molar-refractivity contribution in [2.24, 2.45) is 11.3 Å². The number of rotatable bonds is 2. The number of nitrogens with one attached hydrogen (secondary N) is 1. The highest BCUT2D eigenvalue weighted by Crippen LogP contribution is 2.52. The van der Waals surface area contributed by atoms with Crippen molar-refractivity contribution >= 4 is 11.8 Å². The van der Waals surface area contributed by atoms with Gasteiger partial charge in [-0.25, -0.2) is 0 Å². The van der Waals surface area contributed by atoms with E-state index in [-0.39, 0.29) is 29.2 Å². The molecule has 6 nitrogen and oxygen atoms in total. The second-order valence-electron chi connectivity index (χ2n) is 6.72.